The van der Waals surface area contributed by atoms with Crippen LogP contribution in [0.3, 0.4) is 0 Å². The summed E-state index contributed by atoms with van der Waals surface area (Å²) in [4.78, 5) is 24.0. The monoisotopic (exact) mass is 277 g/mol. The Kier molecular flexibility index (Phi) is 5.89. The summed E-state index contributed by atoms with van der Waals surface area (Å²) >= 11 is 0. The molecule has 0 radical (unpaired) electrons. The van der Waals surface area contributed by atoms with Gasteiger partial charge in [0.25, 0.3) is 0 Å². The maximum Gasteiger partial charge on any atom is 0.307 e. The minimum atomic E-state index is -0.551. The van der Waals surface area contributed by atoms with Gasteiger partial charge < -0.3 is 10.1 Å². The van der Waals surface area contributed by atoms with E-state index in [0.29, 0.717) is 5.56 Å². The number of nitrogens with one attached hydrogen (secondary N) is 1. The third-order valence-electron chi connectivity index (χ3n) is 3.24. The minimum Gasteiger partial charge on any atom is -0.469 e. The highest BCUT2D eigenvalue weighted by molar-refractivity contribution is 6.02. The second-order valence-corrected chi connectivity index (χ2v) is 5.32. The number of esters is 1. The Morgan fingerprint density at radius 3 is 2.35 bits per heavy atom. The van der Waals surface area contributed by atoms with E-state index >= 15 is 0 Å². The lowest BCUT2D eigenvalue weighted by molar-refractivity contribution is -0.141. The lowest BCUT2D eigenvalue weighted by Gasteiger charge is -2.19. The summed E-state index contributed by atoms with van der Waals surface area (Å²) < 4.78 is 4.66. The zero-order chi connectivity index (χ0) is 15.3. The number of carbonyl (C=O) groups is 2. The van der Waals surface area contributed by atoms with Crippen molar-refractivity contribution in [3.8, 4) is 0 Å². The number of hydrogen-bond acceptors (Lipinski definition) is 4. The summed E-state index contributed by atoms with van der Waals surface area (Å²) in [5.41, 5.74) is 2.83. The third kappa shape index (κ3) is 4.46. The van der Waals surface area contributed by atoms with Gasteiger partial charge in [-0.2, -0.15) is 0 Å². The van der Waals surface area contributed by atoms with Crippen molar-refractivity contribution in [1.29, 1.82) is 0 Å². The number of Topliss-reactive ketones (excluding diaryl/α,β-unsaturated/α-hetero) is 1. The van der Waals surface area contributed by atoms with E-state index < -0.39 is 6.04 Å². The maximum atomic E-state index is 12.5. The van der Waals surface area contributed by atoms with E-state index in [9.17, 15) is 9.59 Å². The molecule has 1 N–H and O–H groups in total. The molecule has 0 fully saturated rings. The Bertz CT molecular complexity index is 494. The number of benzene rings is 1. The zero-order valence-corrected chi connectivity index (χ0v) is 12.8. The van der Waals surface area contributed by atoms with Crippen LogP contribution in [0.5, 0.6) is 0 Å². The molecule has 0 saturated heterocycles. The minimum absolute atomic E-state index is 0.0421. The quantitative estimate of drug-likeness (QED) is 0.641. The van der Waals surface area contributed by atoms with Gasteiger partial charge in [-0.3, -0.25) is 9.59 Å². The highest BCUT2D eigenvalue weighted by atomic mass is 16.5. The molecule has 1 unspecified atom stereocenters. The van der Waals surface area contributed by atoms with E-state index in [1.807, 2.05) is 39.8 Å². The Morgan fingerprint density at radius 2 is 1.85 bits per heavy atom. The summed E-state index contributed by atoms with van der Waals surface area (Å²) in [6.45, 7) is 7.86. The molecule has 0 aliphatic heterocycles. The lowest BCUT2D eigenvalue weighted by Crippen LogP contribution is -2.42. The molecule has 1 rings (SSSR count). The fourth-order valence-corrected chi connectivity index (χ4v) is 1.98. The topological polar surface area (TPSA) is 55.4 Å². The van der Waals surface area contributed by atoms with Crippen molar-refractivity contribution >= 4 is 11.8 Å². The van der Waals surface area contributed by atoms with E-state index in [1.165, 1.54) is 7.11 Å². The molecular weight excluding hydrogens is 254 g/mol. The molecule has 110 valence electrons. The molecule has 0 amide bonds. The van der Waals surface area contributed by atoms with Gasteiger partial charge in [-0.25, -0.2) is 0 Å². The Morgan fingerprint density at radius 1 is 1.20 bits per heavy atom. The lowest BCUT2D eigenvalue weighted by atomic mass is 9.97. The molecule has 0 saturated carbocycles. The van der Waals surface area contributed by atoms with Crippen LogP contribution in [-0.2, 0) is 9.53 Å². The number of ketones is 1. The first-order chi connectivity index (χ1) is 9.35. The highest BCUT2D eigenvalue weighted by Gasteiger charge is 2.24. The standard InChI is InChI=1S/C16H23NO3/c1-10(2)17-14(9-15(18)20-5)16(19)13-7-6-11(3)12(4)8-13/h6-8,10,14,17H,9H2,1-5H3. The van der Waals surface area contributed by atoms with Gasteiger partial charge in [-0.1, -0.05) is 26.0 Å². The van der Waals surface area contributed by atoms with E-state index in [4.69, 9.17) is 0 Å². The van der Waals surface area contributed by atoms with E-state index in [2.05, 4.69) is 10.1 Å². The maximum absolute atomic E-state index is 12.5. The van der Waals surface area contributed by atoms with Crippen molar-refractivity contribution in [3.05, 3.63) is 34.9 Å². The van der Waals surface area contributed by atoms with Crippen molar-refractivity contribution in [1.82, 2.24) is 5.32 Å². The SMILES string of the molecule is COC(=O)CC(NC(C)C)C(=O)c1ccc(C)c(C)c1. The van der Waals surface area contributed by atoms with Crippen LogP contribution in [0, 0.1) is 13.8 Å². The Balaban J connectivity index is 2.96. The van der Waals surface area contributed by atoms with E-state index in [-0.39, 0.29) is 24.2 Å². The van der Waals surface area contributed by atoms with Crippen LogP contribution in [-0.4, -0.2) is 30.9 Å². The van der Waals surface area contributed by atoms with Crippen molar-refractivity contribution in [2.75, 3.05) is 7.11 Å². The van der Waals surface area contributed by atoms with Gasteiger partial charge in [0.1, 0.15) is 0 Å². The third-order valence-corrected chi connectivity index (χ3v) is 3.24. The molecule has 0 aliphatic carbocycles. The van der Waals surface area contributed by atoms with Gasteiger partial charge in [0, 0.05) is 11.6 Å². The summed E-state index contributed by atoms with van der Waals surface area (Å²) in [5, 5.41) is 3.13. The molecule has 1 atom stereocenters. The second kappa shape index (κ2) is 7.20. The molecule has 1 aromatic carbocycles. The predicted octanol–water partition coefficient (Wildman–Crippen LogP) is 2.42. The van der Waals surface area contributed by atoms with Crippen molar-refractivity contribution in [3.63, 3.8) is 0 Å². The van der Waals surface area contributed by atoms with Crippen molar-refractivity contribution in [2.24, 2.45) is 0 Å². The summed E-state index contributed by atoms with van der Waals surface area (Å²) in [6, 6.07) is 5.15. The largest absolute Gasteiger partial charge is 0.469 e. The van der Waals surface area contributed by atoms with Crippen molar-refractivity contribution < 1.29 is 14.3 Å². The molecule has 4 heteroatoms. The van der Waals surface area contributed by atoms with Gasteiger partial charge >= 0.3 is 5.97 Å². The normalized spacial score (nSPS) is 12.3. The molecule has 0 spiro atoms. The van der Waals surface area contributed by atoms with Gasteiger partial charge in [0.05, 0.1) is 19.6 Å². The van der Waals surface area contributed by atoms with Crippen LogP contribution in [0.25, 0.3) is 0 Å². The molecule has 20 heavy (non-hydrogen) atoms. The Labute approximate surface area is 120 Å². The number of ether oxygens (including phenoxy) is 1. The first-order valence-corrected chi connectivity index (χ1v) is 6.79. The van der Waals surface area contributed by atoms with Crippen LogP contribution in [0.1, 0.15) is 41.8 Å². The number of hydrogen-bond donors (Lipinski definition) is 1. The number of methoxy groups -OCH3 is 1. The number of carbonyl (C=O) groups excluding carboxylic acids is 2. The molecule has 4 nitrogen and oxygen atoms in total. The van der Waals surface area contributed by atoms with Crippen LogP contribution in [0.4, 0.5) is 0 Å². The number of aryl methyl sites for hydroxylation is 2. The van der Waals surface area contributed by atoms with Gasteiger partial charge in [-0.15, -0.1) is 0 Å². The summed E-state index contributed by atoms with van der Waals surface area (Å²) in [6.07, 6.45) is 0.0421. The van der Waals surface area contributed by atoms with Gasteiger partial charge in [0.2, 0.25) is 0 Å². The second-order valence-electron chi connectivity index (χ2n) is 5.32. The van der Waals surface area contributed by atoms with Gasteiger partial charge in [-0.05, 0) is 31.0 Å². The Hall–Kier alpha value is -1.68. The van der Waals surface area contributed by atoms with Crippen LogP contribution in [0.15, 0.2) is 18.2 Å². The first kappa shape index (κ1) is 16.4. The molecule has 0 aliphatic rings. The molecule has 1 aromatic rings. The highest BCUT2D eigenvalue weighted by Crippen LogP contribution is 2.13. The average molecular weight is 277 g/mol. The van der Waals surface area contributed by atoms with Crippen molar-refractivity contribution in [2.45, 2.75) is 46.2 Å². The van der Waals surface area contributed by atoms with Gasteiger partial charge in [0.15, 0.2) is 5.78 Å². The molecule has 0 heterocycles. The van der Waals surface area contributed by atoms with E-state index in [1.54, 1.807) is 6.07 Å². The predicted molar refractivity (Wildman–Crippen MR) is 78.9 cm³/mol. The number of rotatable bonds is 6. The van der Waals surface area contributed by atoms with Crippen LogP contribution < -0.4 is 5.32 Å². The van der Waals surface area contributed by atoms with Crippen LogP contribution in [0.2, 0.25) is 0 Å². The summed E-state index contributed by atoms with van der Waals surface area (Å²) in [5.74, 6) is -0.465. The van der Waals surface area contributed by atoms with E-state index in [0.717, 1.165) is 11.1 Å². The fraction of sp³-hybridized carbons (Fsp3) is 0.500. The smallest absolute Gasteiger partial charge is 0.307 e. The summed E-state index contributed by atoms with van der Waals surface area (Å²) in [7, 11) is 1.33. The van der Waals surface area contributed by atoms with Crippen LogP contribution >= 0.6 is 0 Å². The first-order valence-electron chi connectivity index (χ1n) is 6.79. The average Bonchev–Trinajstić information content (AvgIpc) is 2.39. The fourth-order valence-electron chi connectivity index (χ4n) is 1.98. The molecule has 0 aromatic heterocycles. The molecule has 0 bridgehead atoms. The zero-order valence-electron chi connectivity index (χ0n) is 12.8. The molecular formula is C16H23NO3.